The molecule has 3 nitrogen and oxygen atoms in total. The summed E-state index contributed by atoms with van der Waals surface area (Å²) in [7, 11) is 0. The lowest BCUT2D eigenvalue weighted by atomic mass is 10.2. The van der Waals surface area contributed by atoms with Crippen LogP contribution in [0.1, 0.15) is 12.5 Å². The van der Waals surface area contributed by atoms with Crippen molar-refractivity contribution >= 4 is 15.9 Å². The van der Waals surface area contributed by atoms with E-state index in [2.05, 4.69) is 33.0 Å². The summed E-state index contributed by atoms with van der Waals surface area (Å²) < 4.78 is 8.24. The van der Waals surface area contributed by atoms with E-state index in [1.54, 1.807) is 0 Å². The van der Waals surface area contributed by atoms with Gasteiger partial charge in [0, 0.05) is 6.20 Å². The Kier molecular flexibility index (Phi) is 3.62. The maximum absolute atomic E-state index is 5.45. The van der Waals surface area contributed by atoms with Crippen LogP contribution >= 0.6 is 15.9 Å². The van der Waals surface area contributed by atoms with E-state index in [4.69, 9.17) is 4.74 Å². The van der Waals surface area contributed by atoms with Gasteiger partial charge in [-0.1, -0.05) is 30.3 Å². The monoisotopic (exact) mass is 280 g/mol. The first-order chi connectivity index (χ1) is 7.79. The van der Waals surface area contributed by atoms with Crippen LogP contribution in [0.4, 0.5) is 0 Å². The highest BCUT2D eigenvalue weighted by Crippen LogP contribution is 2.17. The summed E-state index contributed by atoms with van der Waals surface area (Å²) in [4.78, 5) is 4.25. The number of aromatic nitrogens is 2. The van der Waals surface area contributed by atoms with Crippen molar-refractivity contribution in [3.63, 3.8) is 0 Å². The molecule has 0 aliphatic carbocycles. The van der Waals surface area contributed by atoms with Crippen LogP contribution in [0.25, 0.3) is 0 Å². The molecule has 0 aliphatic rings. The average molecular weight is 281 g/mol. The summed E-state index contributed by atoms with van der Waals surface area (Å²) in [5.74, 6) is 0. The predicted octanol–water partition coefficient (Wildman–Crippen LogP) is 3.09. The normalized spacial score (nSPS) is 10.4. The van der Waals surface area contributed by atoms with Crippen molar-refractivity contribution in [2.24, 2.45) is 0 Å². The SMILES string of the molecule is CCOc1nc(Br)cn1Cc1ccccc1. The van der Waals surface area contributed by atoms with Crippen molar-refractivity contribution in [1.82, 2.24) is 9.55 Å². The minimum absolute atomic E-state index is 0.623. The quantitative estimate of drug-likeness (QED) is 0.861. The summed E-state index contributed by atoms with van der Waals surface area (Å²) in [5, 5.41) is 0. The molecule has 0 N–H and O–H groups in total. The van der Waals surface area contributed by atoms with E-state index in [0.717, 1.165) is 11.1 Å². The molecular formula is C12H13BrN2O. The van der Waals surface area contributed by atoms with Gasteiger partial charge in [0.05, 0.1) is 13.2 Å². The zero-order chi connectivity index (χ0) is 11.4. The first kappa shape index (κ1) is 11.2. The number of ether oxygens (including phenoxy) is 1. The highest BCUT2D eigenvalue weighted by Gasteiger charge is 2.07. The largest absolute Gasteiger partial charge is 0.465 e. The van der Waals surface area contributed by atoms with Crippen LogP contribution in [-0.2, 0) is 6.54 Å². The number of nitrogens with zero attached hydrogens (tertiary/aromatic N) is 2. The Balaban J connectivity index is 2.20. The van der Waals surface area contributed by atoms with E-state index in [0.29, 0.717) is 12.6 Å². The smallest absolute Gasteiger partial charge is 0.297 e. The third-order valence-corrected chi connectivity index (χ3v) is 2.56. The number of halogens is 1. The van der Waals surface area contributed by atoms with Crippen LogP contribution in [0.15, 0.2) is 41.1 Å². The van der Waals surface area contributed by atoms with Crippen LogP contribution in [0.3, 0.4) is 0 Å². The lowest BCUT2D eigenvalue weighted by Crippen LogP contribution is -2.03. The Morgan fingerprint density at radius 3 is 2.75 bits per heavy atom. The second kappa shape index (κ2) is 5.16. The van der Waals surface area contributed by atoms with E-state index in [9.17, 15) is 0 Å². The minimum atomic E-state index is 0.623. The summed E-state index contributed by atoms with van der Waals surface area (Å²) in [5.41, 5.74) is 1.23. The van der Waals surface area contributed by atoms with Crippen molar-refractivity contribution in [2.75, 3.05) is 6.61 Å². The molecule has 0 unspecified atom stereocenters. The van der Waals surface area contributed by atoms with Crippen molar-refractivity contribution < 1.29 is 4.74 Å². The van der Waals surface area contributed by atoms with Crippen molar-refractivity contribution in [3.05, 3.63) is 46.7 Å². The Hall–Kier alpha value is -1.29. The second-order valence-electron chi connectivity index (χ2n) is 3.39. The minimum Gasteiger partial charge on any atom is -0.465 e. The van der Waals surface area contributed by atoms with Gasteiger partial charge in [0.25, 0.3) is 6.01 Å². The second-order valence-corrected chi connectivity index (χ2v) is 4.21. The highest BCUT2D eigenvalue weighted by molar-refractivity contribution is 9.10. The zero-order valence-electron chi connectivity index (χ0n) is 9.06. The topological polar surface area (TPSA) is 27.1 Å². The Labute approximate surface area is 103 Å². The number of hydrogen-bond acceptors (Lipinski definition) is 2. The number of imidazole rings is 1. The molecule has 0 radical (unpaired) electrons. The molecule has 1 aromatic heterocycles. The van der Waals surface area contributed by atoms with Gasteiger partial charge in [-0.3, -0.25) is 4.57 Å². The van der Waals surface area contributed by atoms with E-state index in [-0.39, 0.29) is 0 Å². The van der Waals surface area contributed by atoms with Crippen molar-refractivity contribution in [1.29, 1.82) is 0 Å². The molecular weight excluding hydrogens is 268 g/mol. The molecule has 0 spiro atoms. The molecule has 2 rings (SSSR count). The maximum atomic E-state index is 5.45. The maximum Gasteiger partial charge on any atom is 0.297 e. The highest BCUT2D eigenvalue weighted by atomic mass is 79.9. The number of benzene rings is 1. The summed E-state index contributed by atoms with van der Waals surface area (Å²) in [6, 6.07) is 10.9. The fourth-order valence-electron chi connectivity index (χ4n) is 1.51. The Morgan fingerprint density at radius 2 is 2.06 bits per heavy atom. The lowest BCUT2D eigenvalue weighted by molar-refractivity contribution is 0.299. The number of hydrogen-bond donors (Lipinski definition) is 0. The van der Waals surface area contributed by atoms with Gasteiger partial charge in [-0.05, 0) is 28.4 Å². The van der Waals surface area contributed by atoms with Gasteiger partial charge < -0.3 is 4.74 Å². The van der Waals surface area contributed by atoms with Crippen LogP contribution in [0, 0.1) is 0 Å². The third-order valence-electron chi connectivity index (χ3n) is 2.18. The fraction of sp³-hybridized carbons (Fsp3) is 0.250. The van der Waals surface area contributed by atoms with E-state index in [1.807, 2.05) is 35.9 Å². The molecule has 1 heterocycles. The van der Waals surface area contributed by atoms with Crippen LogP contribution in [0.2, 0.25) is 0 Å². The Bertz CT molecular complexity index is 453. The molecule has 2 aromatic rings. The first-order valence-corrected chi connectivity index (χ1v) is 5.98. The van der Waals surface area contributed by atoms with Gasteiger partial charge in [0.15, 0.2) is 0 Å². The summed E-state index contributed by atoms with van der Waals surface area (Å²) in [6.07, 6.45) is 1.93. The molecule has 84 valence electrons. The molecule has 16 heavy (non-hydrogen) atoms. The fourth-order valence-corrected chi connectivity index (χ4v) is 1.90. The van der Waals surface area contributed by atoms with Gasteiger partial charge in [0.2, 0.25) is 0 Å². The van der Waals surface area contributed by atoms with Crippen molar-refractivity contribution in [3.8, 4) is 6.01 Å². The molecule has 0 aliphatic heterocycles. The molecule has 0 atom stereocenters. The van der Waals surface area contributed by atoms with Crippen molar-refractivity contribution in [2.45, 2.75) is 13.5 Å². The van der Waals surface area contributed by atoms with Gasteiger partial charge in [0.1, 0.15) is 4.60 Å². The molecule has 0 saturated heterocycles. The summed E-state index contributed by atoms with van der Waals surface area (Å²) >= 11 is 3.35. The molecule has 0 saturated carbocycles. The van der Waals surface area contributed by atoms with E-state index >= 15 is 0 Å². The third kappa shape index (κ3) is 2.64. The van der Waals surface area contributed by atoms with Gasteiger partial charge in [-0.15, -0.1) is 0 Å². The molecule has 1 aromatic carbocycles. The zero-order valence-corrected chi connectivity index (χ0v) is 10.6. The van der Waals surface area contributed by atoms with Gasteiger partial charge >= 0.3 is 0 Å². The van der Waals surface area contributed by atoms with Gasteiger partial charge in [-0.2, -0.15) is 4.98 Å². The van der Waals surface area contributed by atoms with Crippen LogP contribution in [0.5, 0.6) is 6.01 Å². The van der Waals surface area contributed by atoms with Crippen LogP contribution in [-0.4, -0.2) is 16.2 Å². The van der Waals surface area contributed by atoms with Gasteiger partial charge in [-0.25, -0.2) is 0 Å². The average Bonchev–Trinajstić information content (AvgIpc) is 2.61. The molecule has 0 fully saturated rings. The molecule has 4 heteroatoms. The number of rotatable bonds is 4. The molecule has 0 amide bonds. The standard InChI is InChI=1S/C12H13BrN2O/c1-2-16-12-14-11(13)9-15(12)8-10-6-4-3-5-7-10/h3-7,9H,2,8H2,1H3. The van der Waals surface area contributed by atoms with E-state index < -0.39 is 0 Å². The summed E-state index contributed by atoms with van der Waals surface area (Å²) in [6.45, 7) is 3.35. The predicted molar refractivity (Wildman–Crippen MR) is 66.6 cm³/mol. The van der Waals surface area contributed by atoms with E-state index in [1.165, 1.54) is 5.56 Å². The lowest BCUT2D eigenvalue weighted by Gasteiger charge is -2.07. The Morgan fingerprint density at radius 1 is 1.31 bits per heavy atom. The first-order valence-electron chi connectivity index (χ1n) is 5.19. The van der Waals surface area contributed by atoms with Crippen LogP contribution < -0.4 is 4.74 Å². The molecule has 0 bridgehead atoms.